The smallest absolute Gasteiger partial charge is 0.279 e. The van der Waals surface area contributed by atoms with Crippen molar-refractivity contribution in [2.24, 2.45) is 0 Å². The molecule has 7 heteroatoms. The Labute approximate surface area is 166 Å². The number of hydrogen-bond acceptors (Lipinski definition) is 2. The molecule has 27 heavy (non-hydrogen) atoms. The summed E-state index contributed by atoms with van der Waals surface area (Å²) in [5.41, 5.74) is 1.65. The number of carbonyl (C=O) groups excluding carboxylic acids is 2. The number of nitrogens with one attached hydrogen (secondary N) is 3. The van der Waals surface area contributed by atoms with Gasteiger partial charge in [0.1, 0.15) is 26.2 Å². The maximum absolute atomic E-state index is 12.5. The first-order valence-corrected chi connectivity index (χ1v) is 9.90. The normalized spacial score (nSPS) is 19.4. The molecule has 6 nitrogen and oxygen atoms in total. The van der Waals surface area contributed by atoms with E-state index in [1.54, 1.807) is 12.1 Å². The van der Waals surface area contributed by atoms with Crippen LogP contribution >= 0.6 is 11.6 Å². The third-order valence-corrected chi connectivity index (χ3v) is 5.15. The average Bonchev–Trinajstić information content (AvgIpc) is 2.63. The summed E-state index contributed by atoms with van der Waals surface area (Å²) in [6.07, 6.45) is 0. The number of nitrogens with zero attached hydrogens (tertiary/aromatic N) is 1. The van der Waals surface area contributed by atoms with Crippen LogP contribution in [0.3, 0.4) is 0 Å². The van der Waals surface area contributed by atoms with Crippen LogP contribution < -0.4 is 15.1 Å². The number of rotatable bonds is 8. The maximum Gasteiger partial charge on any atom is 0.279 e. The van der Waals surface area contributed by atoms with Crippen molar-refractivity contribution < 1.29 is 19.4 Å². The zero-order valence-corrected chi connectivity index (χ0v) is 17.1. The second-order valence-corrected chi connectivity index (χ2v) is 7.65. The lowest BCUT2D eigenvalue weighted by molar-refractivity contribution is -1.00. The molecule has 3 N–H and O–H groups in total. The highest BCUT2D eigenvalue weighted by atomic mass is 35.5. The van der Waals surface area contributed by atoms with Gasteiger partial charge in [-0.3, -0.25) is 9.59 Å². The van der Waals surface area contributed by atoms with Crippen molar-refractivity contribution >= 4 is 29.1 Å². The van der Waals surface area contributed by atoms with Crippen molar-refractivity contribution in [2.75, 3.05) is 57.7 Å². The third-order valence-electron chi connectivity index (χ3n) is 4.82. The minimum absolute atomic E-state index is 0.0313. The molecular weight excluding hydrogens is 364 g/mol. The first-order valence-electron chi connectivity index (χ1n) is 9.52. The molecular formula is C20H31ClN4O2+2. The van der Waals surface area contributed by atoms with E-state index in [1.165, 1.54) is 9.80 Å². The van der Waals surface area contributed by atoms with E-state index in [-0.39, 0.29) is 11.8 Å². The summed E-state index contributed by atoms with van der Waals surface area (Å²) >= 11 is 6.08. The zero-order valence-electron chi connectivity index (χ0n) is 16.3. The quantitative estimate of drug-likeness (QED) is 0.520. The lowest BCUT2D eigenvalue weighted by Gasteiger charge is -2.30. The number of benzene rings is 1. The van der Waals surface area contributed by atoms with E-state index >= 15 is 0 Å². The Hall–Kier alpha value is -1.89. The van der Waals surface area contributed by atoms with E-state index in [1.807, 2.05) is 30.9 Å². The number of hydrogen-bond donors (Lipinski definition) is 3. The van der Waals surface area contributed by atoms with Gasteiger partial charge < -0.3 is 20.0 Å². The van der Waals surface area contributed by atoms with Gasteiger partial charge in [0.25, 0.3) is 11.8 Å². The topological polar surface area (TPSA) is 58.3 Å². The fraction of sp³-hybridized carbons (Fsp3) is 0.500. The van der Waals surface area contributed by atoms with Gasteiger partial charge in [0, 0.05) is 13.1 Å². The van der Waals surface area contributed by atoms with Crippen LogP contribution in [0.4, 0.5) is 5.69 Å². The van der Waals surface area contributed by atoms with Crippen molar-refractivity contribution in [1.29, 1.82) is 0 Å². The molecule has 1 aromatic rings. The van der Waals surface area contributed by atoms with Crippen molar-refractivity contribution in [1.82, 2.24) is 4.90 Å². The van der Waals surface area contributed by atoms with Crippen molar-refractivity contribution in [3.8, 4) is 0 Å². The molecule has 0 aromatic heterocycles. The highest BCUT2D eigenvalue weighted by Gasteiger charge is 2.27. The van der Waals surface area contributed by atoms with Gasteiger partial charge >= 0.3 is 0 Å². The first kappa shape index (κ1) is 21.4. The van der Waals surface area contributed by atoms with E-state index < -0.39 is 0 Å². The van der Waals surface area contributed by atoms with Crippen LogP contribution in [-0.2, 0) is 9.59 Å². The molecule has 1 aliphatic rings. The van der Waals surface area contributed by atoms with E-state index in [2.05, 4.69) is 11.9 Å². The lowest BCUT2D eigenvalue weighted by atomic mass is 10.2. The molecule has 148 valence electrons. The second-order valence-electron chi connectivity index (χ2n) is 7.25. The van der Waals surface area contributed by atoms with Gasteiger partial charge in [0.05, 0.1) is 10.7 Å². The second kappa shape index (κ2) is 10.4. The van der Waals surface area contributed by atoms with Crippen molar-refractivity contribution in [2.45, 2.75) is 13.8 Å². The maximum atomic E-state index is 12.5. The zero-order chi connectivity index (χ0) is 19.8. The highest BCUT2D eigenvalue weighted by molar-refractivity contribution is 6.33. The standard InChI is InChI=1S/C20H29ClN4O2/c1-4-25(13-16(2)3)20(27)15-24-11-9-23(10-12-24)14-19(26)22-18-8-6-5-7-17(18)21/h5-8H,2,4,9-15H2,1,3H3,(H,22,26)/p+2. The van der Waals surface area contributed by atoms with Crippen LogP contribution in [0.25, 0.3) is 0 Å². The molecule has 0 unspecified atom stereocenters. The van der Waals surface area contributed by atoms with Crippen LogP contribution in [0.2, 0.25) is 5.02 Å². The largest absolute Gasteiger partial charge is 0.334 e. The van der Waals surface area contributed by atoms with Crippen LogP contribution in [-0.4, -0.2) is 69.1 Å². The van der Waals surface area contributed by atoms with Gasteiger partial charge in [-0.1, -0.05) is 35.9 Å². The van der Waals surface area contributed by atoms with E-state index in [4.69, 9.17) is 11.6 Å². The molecule has 0 atom stereocenters. The molecule has 0 bridgehead atoms. The SMILES string of the molecule is C=C(C)CN(CC)C(=O)C[NH+]1CC[NH+](CC(=O)Nc2ccccc2Cl)CC1. The Morgan fingerprint density at radius 1 is 1.15 bits per heavy atom. The summed E-state index contributed by atoms with van der Waals surface area (Å²) in [6, 6.07) is 7.24. The molecule has 0 aliphatic carbocycles. The first-order chi connectivity index (χ1) is 12.9. The molecule has 1 heterocycles. The Morgan fingerprint density at radius 3 is 2.30 bits per heavy atom. The molecule has 0 radical (unpaired) electrons. The monoisotopic (exact) mass is 394 g/mol. The van der Waals surface area contributed by atoms with Gasteiger partial charge in [-0.25, -0.2) is 0 Å². The molecule has 1 aromatic carbocycles. The Morgan fingerprint density at radius 2 is 1.74 bits per heavy atom. The number of likely N-dealkylation sites (N-methyl/N-ethyl adjacent to an activating group) is 1. The van der Waals surface area contributed by atoms with Gasteiger partial charge in [-0.2, -0.15) is 0 Å². The summed E-state index contributed by atoms with van der Waals surface area (Å²) in [7, 11) is 0. The molecule has 0 saturated carbocycles. The molecule has 1 fully saturated rings. The van der Waals surface area contributed by atoms with Crippen LogP contribution in [0.15, 0.2) is 36.4 Å². The van der Waals surface area contributed by atoms with Crippen molar-refractivity contribution in [3.05, 3.63) is 41.4 Å². The fourth-order valence-corrected chi connectivity index (χ4v) is 3.51. The minimum atomic E-state index is -0.0313. The molecule has 2 rings (SSSR count). The van der Waals surface area contributed by atoms with E-state index in [0.717, 1.165) is 31.8 Å². The summed E-state index contributed by atoms with van der Waals surface area (Å²) in [6.45, 7) is 13.6. The number of halogens is 1. The number of quaternary nitrogens is 2. The van der Waals surface area contributed by atoms with Crippen LogP contribution in [0.5, 0.6) is 0 Å². The summed E-state index contributed by atoms with van der Waals surface area (Å²) in [5.74, 6) is 0.145. The molecule has 1 saturated heterocycles. The number of carbonyl (C=O) groups is 2. The third kappa shape index (κ3) is 6.97. The van der Waals surface area contributed by atoms with Gasteiger partial charge in [0.15, 0.2) is 13.1 Å². The summed E-state index contributed by atoms with van der Waals surface area (Å²) < 4.78 is 0. The van der Waals surface area contributed by atoms with E-state index in [0.29, 0.717) is 36.9 Å². The van der Waals surface area contributed by atoms with Crippen LogP contribution in [0, 0.1) is 0 Å². The van der Waals surface area contributed by atoms with Crippen molar-refractivity contribution in [3.63, 3.8) is 0 Å². The predicted molar refractivity (Wildman–Crippen MR) is 108 cm³/mol. The highest BCUT2D eigenvalue weighted by Crippen LogP contribution is 2.19. The number of amides is 2. The molecule has 0 spiro atoms. The van der Waals surface area contributed by atoms with Gasteiger partial charge in [0.2, 0.25) is 0 Å². The Bertz CT molecular complexity index is 672. The van der Waals surface area contributed by atoms with Gasteiger partial charge in [-0.15, -0.1) is 0 Å². The van der Waals surface area contributed by atoms with Gasteiger partial charge in [-0.05, 0) is 26.0 Å². The average molecular weight is 395 g/mol. The van der Waals surface area contributed by atoms with Crippen LogP contribution in [0.1, 0.15) is 13.8 Å². The lowest BCUT2D eigenvalue weighted by Crippen LogP contribution is -3.28. The summed E-state index contributed by atoms with van der Waals surface area (Å²) in [4.78, 5) is 29.1. The number of piperazine rings is 1. The Balaban J connectivity index is 1.75. The number of anilines is 1. The minimum Gasteiger partial charge on any atom is -0.334 e. The molecule has 1 aliphatic heterocycles. The fourth-order valence-electron chi connectivity index (χ4n) is 3.32. The molecule has 2 amide bonds. The number of para-hydroxylation sites is 1. The summed E-state index contributed by atoms with van der Waals surface area (Å²) in [5, 5.41) is 3.42. The predicted octanol–water partition coefficient (Wildman–Crippen LogP) is -0.513. The Kier molecular flexibility index (Phi) is 8.28. The van der Waals surface area contributed by atoms with E-state index in [9.17, 15) is 9.59 Å².